The normalized spacial score (nSPS) is 10.1. The fourth-order valence-corrected chi connectivity index (χ4v) is 1.12. The van der Waals surface area contributed by atoms with Gasteiger partial charge >= 0.3 is 0 Å². The SMILES string of the molecule is C=C/C=C/c1ccccc(=O)c1OC. The summed E-state index contributed by atoms with van der Waals surface area (Å²) in [6.07, 6.45) is 5.20. The molecule has 0 bridgehead atoms. The van der Waals surface area contributed by atoms with Gasteiger partial charge in [-0.2, -0.15) is 0 Å². The highest BCUT2D eigenvalue weighted by Crippen LogP contribution is 2.12. The van der Waals surface area contributed by atoms with Gasteiger partial charge in [0.1, 0.15) is 0 Å². The van der Waals surface area contributed by atoms with Crippen molar-refractivity contribution >= 4 is 6.08 Å². The minimum absolute atomic E-state index is 0.124. The number of allylic oxidation sites excluding steroid dienone is 2. The van der Waals surface area contributed by atoms with Gasteiger partial charge in [0.15, 0.2) is 5.75 Å². The molecule has 0 fully saturated rings. The molecule has 1 aromatic carbocycles. The molecule has 0 atom stereocenters. The summed E-state index contributed by atoms with van der Waals surface area (Å²) in [5, 5.41) is 0. The lowest BCUT2D eigenvalue weighted by Crippen LogP contribution is -2.01. The molecule has 0 unspecified atom stereocenters. The van der Waals surface area contributed by atoms with Crippen LogP contribution in [0.1, 0.15) is 5.56 Å². The van der Waals surface area contributed by atoms with Crippen molar-refractivity contribution in [2.75, 3.05) is 7.11 Å². The van der Waals surface area contributed by atoms with Crippen LogP contribution in [-0.4, -0.2) is 7.11 Å². The van der Waals surface area contributed by atoms with Crippen LogP contribution in [0.2, 0.25) is 0 Å². The summed E-state index contributed by atoms with van der Waals surface area (Å²) in [4.78, 5) is 11.4. The van der Waals surface area contributed by atoms with Gasteiger partial charge in [-0.25, -0.2) is 0 Å². The van der Waals surface area contributed by atoms with Gasteiger partial charge in [0.25, 0.3) is 0 Å². The molecule has 1 rings (SSSR count). The quantitative estimate of drug-likeness (QED) is 0.680. The van der Waals surface area contributed by atoms with Crippen molar-refractivity contribution < 1.29 is 4.74 Å². The standard InChI is InChI=1S/C12H12O2/c1-3-4-7-10-8-5-6-9-11(13)12(10)14-2/h3-9H,1H2,2H3/b7-4+. The number of hydrogen-bond donors (Lipinski definition) is 0. The van der Waals surface area contributed by atoms with E-state index in [1.807, 2.05) is 6.07 Å². The predicted molar refractivity (Wildman–Crippen MR) is 58.5 cm³/mol. The van der Waals surface area contributed by atoms with Crippen molar-refractivity contribution in [1.29, 1.82) is 0 Å². The van der Waals surface area contributed by atoms with E-state index in [9.17, 15) is 4.79 Å². The Labute approximate surface area is 83.2 Å². The number of ether oxygens (including phenoxy) is 1. The van der Waals surface area contributed by atoms with Crippen LogP contribution in [0.15, 0.2) is 47.8 Å². The van der Waals surface area contributed by atoms with E-state index in [2.05, 4.69) is 6.58 Å². The highest BCUT2D eigenvalue weighted by molar-refractivity contribution is 5.57. The van der Waals surface area contributed by atoms with Gasteiger partial charge < -0.3 is 4.74 Å². The maximum absolute atomic E-state index is 11.4. The summed E-state index contributed by atoms with van der Waals surface area (Å²) in [5.74, 6) is 0.355. The molecule has 2 nitrogen and oxygen atoms in total. The Balaban J connectivity index is 3.35. The van der Waals surface area contributed by atoms with Crippen LogP contribution >= 0.6 is 0 Å². The summed E-state index contributed by atoms with van der Waals surface area (Å²) in [6.45, 7) is 3.56. The van der Waals surface area contributed by atoms with Gasteiger partial charge in [-0.05, 0) is 6.07 Å². The van der Waals surface area contributed by atoms with E-state index in [1.54, 1.807) is 30.4 Å². The first-order valence-electron chi connectivity index (χ1n) is 4.26. The summed E-state index contributed by atoms with van der Waals surface area (Å²) >= 11 is 0. The van der Waals surface area contributed by atoms with Gasteiger partial charge in [0.2, 0.25) is 5.43 Å². The van der Waals surface area contributed by atoms with Gasteiger partial charge in [-0.15, -0.1) is 0 Å². The average molecular weight is 188 g/mol. The Morgan fingerprint density at radius 1 is 1.36 bits per heavy atom. The zero-order valence-corrected chi connectivity index (χ0v) is 8.07. The molecular formula is C12H12O2. The minimum atomic E-state index is -0.124. The molecule has 0 saturated carbocycles. The van der Waals surface area contributed by atoms with Crippen LogP contribution in [0.5, 0.6) is 5.75 Å². The molecule has 14 heavy (non-hydrogen) atoms. The van der Waals surface area contributed by atoms with Crippen LogP contribution in [0.25, 0.3) is 6.08 Å². The lowest BCUT2D eigenvalue weighted by atomic mass is 10.2. The van der Waals surface area contributed by atoms with Crippen molar-refractivity contribution in [1.82, 2.24) is 0 Å². The average Bonchev–Trinajstić information content (AvgIpc) is 2.36. The van der Waals surface area contributed by atoms with E-state index in [0.29, 0.717) is 5.75 Å². The fraction of sp³-hybridized carbons (Fsp3) is 0.0833. The lowest BCUT2D eigenvalue weighted by Gasteiger charge is -1.98. The number of rotatable bonds is 3. The zero-order chi connectivity index (χ0) is 10.4. The first-order valence-corrected chi connectivity index (χ1v) is 4.26. The lowest BCUT2D eigenvalue weighted by molar-refractivity contribution is 0.410. The molecule has 0 spiro atoms. The van der Waals surface area contributed by atoms with Crippen LogP contribution in [0, 0.1) is 0 Å². The summed E-state index contributed by atoms with van der Waals surface area (Å²) < 4.78 is 5.04. The van der Waals surface area contributed by atoms with Crippen LogP contribution in [0.4, 0.5) is 0 Å². The maximum atomic E-state index is 11.4. The second-order valence-electron chi connectivity index (χ2n) is 2.67. The van der Waals surface area contributed by atoms with Gasteiger partial charge in [-0.3, -0.25) is 4.79 Å². The van der Waals surface area contributed by atoms with Crippen LogP contribution in [0.3, 0.4) is 0 Å². The third-order valence-electron chi connectivity index (χ3n) is 1.74. The second-order valence-corrected chi connectivity index (χ2v) is 2.67. The fourth-order valence-electron chi connectivity index (χ4n) is 1.12. The Morgan fingerprint density at radius 3 is 2.71 bits per heavy atom. The molecule has 72 valence electrons. The third-order valence-corrected chi connectivity index (χ3v) is 1.74. The minimum Gasteiger partial charge on any atom is -0.492 e. The van der Waals surface area contributed by atoms with E-state index >= 15 is 0 Å². The largest absolute Gasteiger partial charge is 0.492 e. The van der Waals surface area contributed by atoms with Crippen LogP contribution < -0.4 is 10.2 Å². The Morgan fingerprint density at radius 2 is 2.07 bits per heavy atom. The molecular weight excluding hydrogens is 176 g/mol. The van der Waals surface area contributed by atoms with E-state index in [0.717, 1.165) is 5.56 Å². The van der Waals surface area contributed by atoms with E-state index in [-0.39, 0.29) is 5.43 Å². The van der Waals surface area contributed by atoms with Crippen LogP contribution in [-0.2, 0) is 0 Å². The monoisotopic (exact) mass is 188 g/mol. The van der Waals surface area contributed by atoms with Gasteiger partial charge in [0.05, 0.1) is 7.11 Å². The van der Waals surface area contributed by atoms with Crippen molar-refractivity contribution in [3.05, 3.63) is 58.8 Å². The summed E-state index contributed by atoms with van der Waals surface area (Å²) in [7, 11) is 1.49. The molecule has 2 heteroatoms. The third kappa shape index (κ3) is 2.33. The highest BCUT2D eigenvalue weighted by Gasteiger charge is 2.00. The predicted octanol–water partition coefficient (Wildman–Crippen LogP) is 2.25. The molecule has 0 amide bonds. The molecule has 0 aliphatic heterocycles. The molecule has 1 aromatic rings. The molecule has 0 saturated heterocycles. The molecule has 0 aliphatic carbocycles. The first-order chi connectivity index (χ1) is 6.79. The Bertz CT molecular complexity index is 405. The number of methoxy groups -OCH3 is 1. The van der Waals surface area contributed by atoms with E-state index in [4.69, 9.17) is 4.74 Å². The Kier molecular flexibility index (Phi) is 3.68. The smallest absolute Gasteiger partial charge is 0.220 e. The maximum Gasteiger partial charge on any atom is 0.220 e. The molecule has 0 radical (unpaired) electrons. The highest BCUT2D eigenvalue weighted by atomic mass is 16.5. The first kappa shape index (κ1) is 10.3. The number of hydrogen-bond acceptors (Lipinski definition) is 2. The molecule has 0 heterocycles. The van der Waals surface area contributed by atoms with Crippen molar-refractivity contribution in [3.63, 3.8) is 0 Å². The van der Waals surface area contributed by atoms with Crippen molar-refractivity contribution in [2.45, 2.75) is 0 Å². The van der Waals surface area contributed by atoms with E-state index < -0.39 is 0 Å². The summed E-state index contributed by atoms with van der Waals surface area (Å²) in [5.41, 5.74) is 0.628. The topological polar surface area (TPSA) is 26.3 Å². The van der Waals surface area contributed by atoms with Gasteiger partial charge in [0, 0.05) is 5.56 Å². The zero-order valence-electron chi connectivity index (χ0n) is 8.07. The summed E-state index contributed by atoms with van der Waals surface area (Å²) in [6, 6.07) is 6.78. The molecule has 0 aliphatic rings. The molecule has 0 N–H and O–H groups in total. The Hall–Kier alpha value is -1.83. The van der Waals surface area contributed by atoms with E-state index in [1.165, 1.54) is 13.2 Å². The van der Waals surface area contributed by atoms with Gasteiger partial charge in [-0.1, -0.05) is 43.0 Å². The second kappa shape index (κ2) is 5.02. The van der Waals surface area contributed by atoms with Crippen molar-refractivity contribution in [2.24, 2.45) is 0 Å². The van der Waals surface area contributed by atoms with Crippen molar-refractivity contribution in [3.8, 4) is 5.75 Å². The molecule has 0 aromatic heterocycles.